The summed E-state index contributed by atoms with van der Waals surface area (Å²) in [7, 11) is 0. The smallest absolute Gasteiger partial charge is 0.184 e. The molecule has 1 aliphatic carbocycles. The minimum Gasteiger partial charge on any atom is -0.293 e. The first kappa shape index (κ1) is 20.0. The molecule has 1 atom stereocenters. The maximum Gasteiger partial charge on any atom is 0.184 e. The molecule has 4 rings (SSSR count). The van der Waals surface area contributed by atoms with Crippen LogP contribution >= 0.6 is 0 Å². The summed E-state index contributed by atoms with van der Waals surface area (Å²) in [6, 6.07) is 16.5. The van der Waals surface area contributed by atoms with Crippen LogP contribution in [0, 0.1) is 28.5 Å². The lowest BCUT2D eigenvalue weighted by molar-refractivity contribution is 0.0835. The summed E-state index contributed by atoms with van der Waals surface area (Å²) in [5, 5.41) is 14.4. The highest BCUT2D eigenvalue weighted by molar-refractivity contribution is 6.06. The van der Waals surface area contributed by atoms with Gasteiger partial charge in [0.15, 0.2) is 5.78 Å². The van der Waals surface area contributed by atoms with Gasteiger partial charge in [-0.3, -0.25) is 4.79 Å². The number of hydrogen-bond acceptors (Lipinski definition) is 3. The number of rotatable bonds is 3. The highest BCUT2D eigenvalue weighted by Gasteiger charge is 2.45. The molecule has 1 aromatic heterocycles. The Hall–Kier alpha value is -3.26. The summed E-state index contributed by atoms with van der Waals surface area (Å²) in [6.45, 7) is 8.10. The number of nitriles is 1. The minimum absolute atomic E-state index is 0.274. The average Bonchev–Trinajstić information content (AvgIpc) is 3.06. The molecule has 0 bridgehead atoms. The molecule has 1 aliphatic rings. The fourth-order valence-corrected chi connectivity index (χ4v) is 4.20. The van der Waals surface area contributed by atoms with Gasteiger partial charge in [-0.25, -0.2) is 9.07 Å². The number of nitrogens with zero attached hydrogens (tertiary/aromatic N) is 3. The maximum atomic E-state index is 14.6. The van der Waals surface area contributed by atoms with Crippen molar-refractivity contribution in [2.45, 2.75) is 40.0 Å². The second kappa shape index (κ2) is 7.21. The van der Waals surface area contributed by atoms with Gasteiger partial charge in [-0.15, -0.1) is 0 Å². The SMILES string of the molecule is CC(C)c1ccc(-n2nc(-c3ccccc3F)c3c2CC(C)(C)C(C#N)C3=O)cc1. The van der Waals surface area contributed by atoms with E-state index < -0.39 is 17.2 Å². The monoisotopic (exact) mass is 401 g/mol. The Kier molecular flexibility index (Phi) is 4.82. The van der Waals surface area contributed by atoms with Crippen molar-refractivity contribution in [1.82, 2.24) is 9.78 Å². The highest BCUT2D eigenvalue weighted by Crippen LogP contribution is 2.43. The summed E-state index contributed by atoms with van der Waals surface area (Å²) in [6.07, 6.45) is 0.500. The zero-order valence-corrected chi connectivity index (χ0v) is 17.6. The summed E-state index contributed by atoms with van der Waals surface area (Å²) in [4.78, 5) is 13.4. The zero-order chi connectivity index (χ0) is 21.6. The zero-order valence-electron chi connectivity index (χ0n) is 17.6. The van der Waals surface area contributed by atoms with Gasteiger partial charge in [-0.2, -0.15) is 10.4 Å². The Bertz CT molecular complexity index is 1170. The van der Waals surface area contributed by atoms with Crippen molar-refractivity contribution >= 4 is 5.78 Å². The minimum atomic E-state index is -0.795. The number of Topliss-reactive ketones (excluding diaryl/α,β-unsaturated/α-hetero) is 1. The predicted molar refractivity (Wildman–Crippen MR) is 114 cm³/mol. The molecule has 0 saturated carbocycles. The Morgan fingerprint density at radius 3 is 2.43 bits per heavy atom. The largest absolute Gasteiger partial charge is 0.293 e. The highest BCUT2D eigenvalue weighted by atomic mass is 19.1. The summed E-state index contributed by atoms with van der Waals surface area (Å²) in [5.74, 6) is -1.12. The number of hydrogen-bond donors (Lipinski definition) is 0. The topological polar surface area (TPSA) is 58.7 Å². The molecular formula is C25H24FN3O. The quantitative estimate of drug-likeness (QED) is 0.565. The van der Waals surface area contributed by atoms with Gasteiger partial charge in [0.05, 0.1) is 23.0 Å². The second-order valence-corrected chi connectivity index (χ2v) is 8.90. The summed E-state index contributed by atoms with van der Waals surface area (Å²) < 4.78 is 16.4. The van der Waals surface area contributed by atoms with E-state index in [-0.39, 0.29) is 11.3 Å². The molecule has 152 valence electrons. The number of ketones is 1. The molecule has 0 spiro atoms. The third-order valence-electron chi connectivity index (χ3n) is 5.96. The molecule has 30 heavy (non-hydrogen) atoms. The number of benzene rings is 2. The van der Waals surface area contributed by atoms with Crippen molar-refractivity contribution < 1.29 is 9.18 Å². The summed E-state index contributed by atoms with van der Waals surface area (Å²) >= 11 is 0. The van der Waals surface area contributed by atoms with Crippen molar-refractivity contribution in [1.29, 1.82) is 5.26 Å². The van der Waals surface area contributed by atoms with E-state index in [1.165, 1.54) is 11.6 Å². The van der Waals surface area contributed by atoms with Gasteiger partial charge in [0.25, 0.3) is 0 Å². The van der Waals surface area contributed by atoms with E-state index in [1.807, 2.05) is 38.1 Å². The molecule has 0 radical (unpaired) electrons. The van der Waals surface area contributed by atoms with Gasteiger partial charge in [-0.05, 0) is 47.6 Å². The predicted octanol–water partition coefficient (Wildman–Crippen LogP) is 5.71. The molecular weight excluding hydrogens is 377 g/mol. The molecule has 3 aromatic rings. The summed E-state index contributed by atoms with van der Waals surface area (Å²) in [5.41, 5.74) is 3.15. The second-order valence-electron chi connectivity index (χ2n) is 8.90. The van der Waals surface area contributed by atoms with Crippen molar-refractivity contribution in [3.05, 3.63) is 71.2 Å². The molecule has 5 heteroatoms. The van der Waals surface area contributed by atoms with Crippen LogP contribution in [-0.2, 0) is 6.42 Å². The third kappa shape index (κ3) is 3.13. The molecule has 4 nitrogen and oxygen atoms in total. The number of halogens is 1. The lowest BCUT2D eigenvalue weighted by Gasteiger charge is -2.33. The first-order valence-electron chi connectivity index (χ1n) is 10.2. The van der Waals surface area contributed by atoms with Crippen LogP contribution in [-0.4, -0.2) is 15.6 Å². The van der Waals surface area contributed by atoms with Crippen molar-refractivity contribution in [3.8, 4) is 23.0 Å². The van der Waals surface area contributed by atoms with Gasteiger partial charge in [0.2, 0.25) is 0 Å². The van der Waals surface area contributed by atoms with E-state index in [4.69, 9.17) is 5.10 Å². The lowest BCUT2D eigenvalue weighted by Crippen LogP contribution is -2.37. The van der Waals surface area contributed by atoms with Gasteiger partial charge >= 0.3 is 0 Å². The first-order valence-corrected chi connectivity index (χ1v) is 10.2. The van der Waals surface area contributed by atoms with Gasteiger partial charge in [0.1, 0.15) is 17.4 Å². The molecule has 0 amide bonds. The Morgan fingerprint density at radius 2 is 1.83 bits per heavy atom. The van der Waals surface area contributed by atoms with Crippen LogP contribution in [0.3, 0.4) is 0 Å². The number of aromatic nitrogens is 2. The van der Waals surface area contributed by atoms with Crippen molar-refractivity contribution in [2.24, 2.45) is 11.3 Å². The van der Waals surface area contributed by atoms with Gasteiger partial charge in [0, 0.05) is 5.56 Å². The van der Waals surface area contributed by atoms with Crippen LogP contribution in [0.5, 0.6) is 0 Å². The third-order valence-corrected chi connectivity index (χ3v) is 5.96. The Labute approximate surface area is 176 Å². The van der Waals surface area contributed by atoms with Crippen LogP contribution < -0.4 is 0 Å². The molecule has 0 aliphatic heterocycles. The first-order chi connectivity index (χ1) is 14.2. The molecule has 2 aromatic carbocycles. The number of fused-ring (bicyclic) bond motifs is 1. The number of carbonyl (C=O) groups excluding carboxylic acids is 1. The van der Waals surface area contributed by atoms with E-state index >= 15 is 0 Å². The van der Waals surface area contributed by atoms with E-state index in [0.717, 1.165) is 11.4 Å². The molecule has 1 unspecified atom stereocenters. The molecule has 0 N–H and O–H groups in total. The van der Waals surface area contributed by atoms with Crippen LogP contribution in [0.15, 0.2) is 48.5 Å². The van der Waals surface area contributed by atoms with E-state index in [0.29, 0.717) is 23.6 Å². The Balaban J connectivity index is 1.98. The standard InChI is InChI=1S/C25H24FN3O/c1-15(2)16-9-11-17(12-10-16)29-21-13-25(3,4)19(14-27)24(30)22(21)23(28-29)18-7-5-6-8-20(18)26/h5-12,15,19H,13H2,1-4H3. The van der Waals surface area contributed by atoms with Gasteiger partial charge < -0.3 is 0 Å². The van der Waals surface area contributed by atoms with E-state index in [2.05, 4.69) is 19.9 Å². The number of carbonyl (C=O) groups is 1. The fourth-order valence-electron chi connectivity index (χ4n) is 4.20. The normalized spacial score (nSPS) is 17.6. The van der Waals surface area contributed by atoms with Crippen molar-refractivity contribution in [3.63, 3.8) is 0 Å². The fraction of sp³-hybridized carbons (Fsp3) is 0.320. The maximum absolute atomic E-state index is 14.6. The van der Waals surface area contributed by atoms with Gasteiger partial charge in [-0.1, -0.05) is 52.0 Å². The van der Waals surface area contributed by atoms with Crippen LogP contribution in [0.1, 0.15) is 55.2 Å². The van der Waals surface area contributed by atoms with E-state index in [9.17, 15) is 14.4 Å². The lowest BCUT2D eigenvalue weighted by atomic mass is 9.67. The average molecular weight is 401 g/mol. The molecule has 0 saturated heterocycles. The van der Waals surface area contributed by atoms with Crippen LogP contribution in [0.25, 0.3) is 16.9 Å². The Morgan fingerprint density at radius 1 is 1.17 bits per heavy atom. The molecule has 1 heterocycles. The molecule has 0 fully saturated rings. The van der Waals surface area contributed by atoms with Crippen LogP contribution in [0.2, 0.25) is 0 Å². The van der Waals surface area contributed by atoms with Crippen LogP contribution in [0.4, 0.5) is 4.39 Å². The van der Waals surface area contributed by atoms with Crippen molar-refractivity contribution in [2.75, 3.05) is 0 Å². The van der Waals surface area contributed by atoms with E-state index in [1.54, 1.807) is 22.9 Å².